The van der Waals surface area contributed by atoms with E-state index in [1.807, 2.05) is 25.7 Å². The maximum atomic E-state index is 13.2. The molecule has 0 aliphatic rings. The molecule has 0 bridgehead atoms. The third kappa shape index (κ3) is 2.26. The summed E-state index contributed by atoms with van der Waals surface area (Å²) in [6.07, 6.45) is 0. The van der Waals surface area contributed by atoms with E-state index in [1.54, 1.807) is 12.1 Å². The van der Waals surface area contributed by atoms with E-state index in [2.05, 4.69) is 10.4 Å². The van der Waals surface area contributed by atoms with Gasteiger partial charge >= 0.3 is 0 Å². The number of hydrogen-bond acceptors (Lipinski definition) is 2. The predicted octanol–water partition coefficient (Wildman–Crippen LogP) is 2.91. The molecule has 1 N–H and O–H groups in total. The second-order valence-corrected chi connectivity index (χ2v) is 4.60. The lowest BCUT2D eigenvalue weighted by Gasteiger charge is -2.05. The van der Waals surface area contributed by atoms with E-state index >= 15 is 0 Å². The van der Waals surface area contributed by atoms with Gasteiger partial charge in [-0.05, 0) is 31.7 Å². The first-order valence-electron chi connectivity index (χ1n) is 5.67. The fourth-order valence-electron chi connectivity index (χ4n) is 2.00. The van der Waals surface area contributed by atoms with Crippen LogP contribution in [-0.2, 0) is 13.6 Å². The number of aryl methyl sites for hydroxylation is 1. The van der Waals surface area contributed by atoms with Crippen LogP contribution in [-0.4, -0.2) is 16.8 Å². The van der Waals surface area contributed by atoms with Crippen molar-refractivity contribution < 1.29 is 4.39 Å². The zero-order valence-corrected chi connectivity index (χ0v) is 11.3. The maximum Gasteiger partial charge on any atom is 0.141 e. The smallest absolute Gasteiger partial charge is 0.141 e. The van der Waals surface area contributed by atoms with Crippen molar-refractivity contribution in [3.05, 3.63) is 40.4 Å². The lowest BCUT2D eigenvalue weighted by molar-refractivity contribution is 0.628. The third-order valence-corrected chi connectivity index (χ3v) is 3.25. The zero-order chi connectivity index (χ0) is 13.3. The van der Waals surface area contributed by atoms with Gasteiger partial charge in [-0.3, -0.25) is 4.68 Å². The van der Waals surface area contributed by atoms with Crippen molar-refractivity contribution in [1.82, 2.24) is 15.1 Å². The van der Waals surface area contributed by atoms with Gasteiger partial charge in [-0.2, -0.15) is 5.10 Å². The number of nitrogens with one attached hydrogen (secondary N) is 1. The van der Waals surface area contributed by atoms with Crippen LogP contribution < -0.4 is 5.32 Å². The second kappa shape index (κ2) is 5.08. The molecule has 0 fully saturated rings. The van der Waals surface area contributed by atoms with Crippen LogP contribution in [0.15, 0.2) is 18.2 Å². The molecule has 0 aliphatic heterocycles. The Kier molecular flexibility index (Phi) is 3.68. The molecule has 0 saturated carbocycles. The van der Waals surface area contributed by atoms with E-state index in [4.69, 9.17) is 11.6 Å². The van der Waals surface area contributed by atoms with Crippen molar-refractivity contribution in [2.24, 2.45) is 7.05 Å². The first kappa shape index (κ1) is 13.1. The van der Waals surface area contributed by atoms with Gasteiger partial charge in [0.05, 0.1) is 10.7 Å². The Hall–Kier alpha value is -1.39. The summed E-state index contributed by atoms with van der Waals surface area (Å²) in [6.45, 7) is 2.64. The Bertz CT molecular complexity index is 578. The van der Waals surface area contributed by atoms with Crippen molar-refractivity contribution in [3.63, 3.8) is 0 Å². The van der Waals surface area contributed by atoms with E-state index in [0.717, 1.165) is 22.5 Å². The number of rotatable bonds is 3. The molecule has 0 saturated heterocycles. The molecule has 3 nitrogen and oxygen atoms in total. The van der Waals surface area contributed by atoms with Crippen molar-refractivity contribution in [3.8, 4) is 11.1 Å². The molecule has 0 amide bonds. The molecule has 1 aromatic heterocycles. The van der Waals surface area contributed by atoms with Crippen LogP contribution in [0.5, 0.6) is 0 Å². The van der Waals surface area contributed by atoms with Crippen molar-refractivity contribution >= 4 is 11.6 Å². The first-order chi connectivity index (χ1) is 8.54. The molecule has 2 aromatic rings. The minimum atomic E-state index is -0.405. The fraction of sp³-hybridized carbons (Fsp3) is 0.308. The molecule has 18 heavy (non-hydrogen) atoms. The van der Waals surface area contributed by atoms with Crippen LogP contribution >= 0.6 is 11.6 Å². The quantitative estimate of drug-likeness (QED) is 0.927. The molecule has 0 unspecified atom stereocenters. The topological polar surface area (TPSA) is 29.9 Å². The Morgan fingerprint density at radius 2 is 2.17 bits per heavy atom. The van der Waals surface area contributed by atoms with Gasteiger partial charge in [0.25, 0.3) is 0 Å². The van der Waals surface area contributed by atoms with Gasteiger partial charge in [0.1, 0.15) is 5.82 Å². The minimum Gasteiger partial charge on any atom is -0.314 e. The van der Waals surface area contributed by atoms with Gasteiger partial charge in [0.2, 0.25) is 0 Å². The Morgan fingerprint density at radius 3 is 2.78 bits per heavy atom. The second-order valence-electron chi connectivity index (χ2n) is 4.19. The van der Waals surface area contributed by atoms with Gasteiger partial charge in [0.15, 0.2) is 0 Å². The van der Waals surface area contributed by atoms with Crippen LogP contribution in [0, 0.1) is 12.7 Å². The molecule has 0 spiro atoms. The monoisotopic (exact) mass is 267 g/mol. The van der Waals surface area contributed by atoms with Crippen LogP contribution in [0.3, 0.4) is 0 Å². The summed E-state index contributed by atoms with van der Waals surface area (Å²) in [5.41, 5.74) is 3.86. The average Bonchev–Trinajstić information content (AvgIpc) is 2.60. The molecule has 1 heterocycles. The van der Waals surface area contributed by atoms with E-state index in [-0.39, 0.29) is 5.02 Å². The van der Waals surface area contributed by atoms with E-state index in [1.165, 1.54) is 6.07 Å². The predicted molar refractivity (Wildman–Crippen MR) is 71.1 cm³/mol. The first-order valence-corrected chi connectivity index (χ1v) is 6.05. The van der Waals surface area contributed by atoms with Gasteiger partial charge in [-0.15, -0.1) is 0 Å². The SMILES string of the molecule is CNCc1nn(C)c(C)c1-c1ccc(F)c(Cl)c1. The van der Waals surface area contributed by atoms with Gasteiger partial charge in [0, 0.05) is 24.8 Å². The molecular formula is C13H15ClFN3. The molecule has 96 valence electrons. The summed E-state index contributed by atoms with van der Waals surface area (Å²) < 4.78 is 15.0. The number of halogens is 2. The fourth-order valence-corrected chi connectivity index (χ4v) is 2.18. The van der Waals surface area contributed by atoms with E-state index in [0.29, 0.717) is 6.54 Å². The molecule has 5 heteroatoms. The molecule has 0 radical (unpaired) electrons. The summed E-state index contributed by atoms with van der Waals surface area (Å²) in [4.78, 5) is 0. The zero-order valence-electron chi connectivity index (χ0n) is 10.6. The number of aromatic nitrogens is 2. The molecular weight excluding hydrogens is 253 g/mol. The summed E-state index contributed by atoms with van der Waals surface area (Å²) in [7, 11) is 3.76. The summed E-state index contributed by atoms with van der Waals surface area (Å²) in [5, 5.41) is 7.65. The van der Waals surface area contributed by atoms with Crippen molar-refractivity contribution in [2.75, 3.05) is 7.05 Å². The van der Waals surface area contributed by atoms with Crippen molar-refractivity contribution in [2.45, 2.75) is 13.5 Å². The van der Waals surface area contributed by atoms with Gasteiger partial charge in [-0.1, -0.05) is 17.7 Å². The van der Waals surface area contributed by atoms with Crippen LogP contribution in [0.4, 0.5) is 4.39 Å². The summed E-state index contributed by atoms with van der Waals surface area (Å²) in [6, 6.07) is 4.75. The number of benzene rings is 1. The highest BCUT2D eigenvalue weighted by molar-refractivity contribution is 6.31. The molecule has 2 rings (SSSR count). The van der Waals surface area contributed by atoms with Gasteiger partial charge < -0.3 is 5.32 Å². The molecule has 0 atom stereocenters. The Morgan fingerprint density at radius 1 is 1.44 bits per heavy atom. The number of hydrogen-bond donors (Lipinski definition) is 1. The van der Waals surface area contributed by atoms with Crippen LogP contribution in [0.1, 0.15) is 11.4 Å². The molecule has 1 aromatic carbocycles. The standard InChI is InChI=1S/C13H15ClFN3/c1-8-13(12(7-16-2)17-18(8)3)9-4-5-11(15)10(14)6-9/h4-6,16H,7H2,1-3H3. The highest BCUT2D eigenvalue weighted by atomic mass is 35.5. The summed E-state index contributed by atoms with van der Waals surface area (Å²) >= 11 is 5.83. The molecule has 0 aliphatic carbocycles. The minimum absolute atomic E-state index is 0.131. The lowest BCUT2D eigenvalue weighted by Crippen LogP contribution is -2.07. The third-order valence-electron chi connectivity index (χ3n) is 2.96. The largest absolute Gasteiger partial charge is 0.314 e. The lowest BCUT2D eigenvalue weighted by atomic mass is 10.0. The average molecular weight is 268 g/mol. The van der Waals surface area contributed by atoms with Crippen molar-refractivity contribution in [1.29, 1.82) is 0 Å². The Labute approximate surface area is 111 Å². The highest BCUT2D eigenvalue weighted by Gasteiger charge is 2.15. The Balaban J connectivity index is 2.58. The normalized spacial score (nSPS) is 10.9. The maximum absolute atomic E-state index is 13.2. The van der Waals surface area contributed by atoms with Crippen LogP contribution in [0.2, 0.25) is 5.02 Å². The highest BCUT2D eigenvalue weighted by Crippen LogP contribution is 2.30. The summed E-state index contributed by atoms with van der Waals surface area (Å²) in [5.74, 6) is -0.405. The van der Waals surface area contributed by atoms with E-state index in [9.17, 15) is 4.39 Å². The van der Waals surface area contributed by atoms with Gasteiger partial charge in [-0.25, -0.2) is 4.39 Å². The van der Waals surface area contributed by atoms with E-state index < -0.39 is 5.82 Å². The number of nitrogens with zero attached hydrogens (tertiary/aromatic N) is 2. The van der Waals surface area contributed by atoms with Crippen LogP contribution in [0.25, 0.3) is 11.1 Å².